The topological polar surface area (TPSA) is 100 Å². The molecule has 0 aliphatic carbocycles. The number of carbonyl (C=O) groups excluding carboxylic acids is 3. The molecule has 2 rings (SSSR count). The molecule has 1 fully saturated rings. The molecule has 0 saturated carbocycles. The second-order valence-electron chi connectivity index (χ2n) is 5.65. The minimum Gasteiger partial charge on any atom is -0.484 e. The fourth-order valence-electron chi connectivity index (χ4n) is 2.35. The molecule has 0 radical (unpaired) electrons. The van der Waals surface area contributed by atoms with Gasteiger partial charge in [0, 0.05) is 19.6 Å². The van der Waals surface area contributed by atoms with Crippen LogP contribution in [0.15, 0.2) is 42.0 Å². The lowest BCUT2D eigenvalue weighted by molar-refractivity contribution is -0.139. The van der Waals surface area contributed by atoms with Gasteiger partial charge in [-0.15, -0.1) is 6.58 Å². The molecule has 1 saturated heterocycles. The van der Waals surface area contributed by atoms with E-state index < -0.39 is 11.8 Å². The van der Waals surface area contributed by atoms with Gasteiger partial charge in [0.25, 0.3) is 5.91 Å². The summed E-state index contributed by atoms with van der Waals surface area (Å²) in [6, 6.07) is 6.92. The van der Waals surface area contributed by atoms with E-state index in [4.69, 9.17) is 4.74 Å². The maximum Gasteiger partial charge on any atom is 0.329 e. The van der Waals surface area contributed by atoms with Crippen molar-refractivity contribution in [2.45, 2.75) is 12.8 Å². The summed E-state index contributed by atoms with van der Waals surface area (Å²) >= 11 is 0. The predicted octanol–water partition coefficient (Wildman–Crippen LogP) is 0.440. The standard InChI is InChI=1S/C18H22N4O4/c1-2-8-19-17(24)18(25)21-20-12-14-6-5-7-15(11-14)26-13-16(23)22-9-3-4-10-22/h2,5-7,11-12H,1,3-4,8-10,13H2,(H,19,24)(H,21,25)/b20-12-. The Kier molecular flexibility index (Phi) is 7.35. The maximum atomic E-state index is 12.0. The highest BCUT2D eigenvalue weighted by Gasteiger charge is 2.18. The van der Waals surface area contributed by atoms with Crippen LogP contribution < -0.4 is 15.5 Å². The number of rotatable bonds is 7. The summed E-state index contributed by atoms with van der Waals surface area (Å²) in [5.74, 6) is -1.16. The SMILES string of the molecule is C=CCNC(=O)C(=O)N/N=C\c1cccc(OCC(=O)N2CCCC2)c1. The van der Waals surface area contributed by atoms with E-state index in [1.807, 2.05) is 0 Å². The highest BCUT2D eigenvalue weighted by molar-refractivity contribution is 6.35. The zero-order valence-corrected chi connectivity index (χ0v) is 14.4. The predicted molar refractivity (Wildman–Crippen MR) is 96.7 cm³/mol. The van der Waals surface area contributed by atoms with Gasteiger partial charge in [0.15, 0.2) is 6.61 Å². The Balaban J connectivity index is 1.82. The van der Waals surface area contributed by atoms with Gasteiger partial charge >= 0.3 is 11.8 Å². The highest BCUT2D eigenvalue weighted by Crippen LogP contribution is 2.13. The average molecular weight is 358 g/mol. The number of hydrazone groups is 1. The second kappa shape index (κ2) is 9.97. The molecule has 1 aliphatic heterocycles. The van der Waals surface area contributed by atoms with Gasteiger partial charge in [0.2, 0.25) is 0 Å². The van der Waals surface area contributed by atoms with Crippen molar-refractivity contribution in [1.29, 1.82) is 0 Å². The Morgan fingerprint density at radius 2 is 2.00 bits per heavy atom. The third kappa shape index (κ3) is 6.04. The molecule has 26 heavy (non-hydrogen) atoms. The summed E-state index contributed by atoms with van der Waals surface area (Å²) in [6.45, 7) is 5.20. The smallest absolute Gasteiger partial charge is 0.329 e. The lowest BCUT2D eigenvalue weighted by atomic mass is 10.2. The van der Waals surface area contributed by atoms with Crippen LogP contribution in [0.3, 0.4) is 0 Å². The third-order valence-corrected chi connectivity index (χ3v) is 3.67. The fraction of sp³-hybridized carbons (Fsp3) is 0.333. The largest absolute Gasteiger partial charge is 0.484 e. The number of likely N-dealkylation sites (tertiary alicyclic amines) is 1. The number of nitrogens with one attached hydrogen (secondary N) is 2. The van der Waals surface area contributed by atoms with Crippen LogP contribution in [0.2, 0.25) is 0 Å². The van der Waals surface area contributed by atoms with E-state index >= 15 is 0 Å². The number of amides is 3. The van der Waals surface area contributed by atoms with Crippen LogP contribution in [0.25, 0.3) is 0 Å². The molecular weight excluding hydrogens is 336 g/mol. The summed E-state index contributed by atoms with van der Waals surface area (Å²) in [5, 5.41) is 6.07. The van der Waals surface area contributed by atoms with E-state index in [1.54, 1.807) is 29.2 Å². The first-order valence-electron chi connectivity index (χ1n) is 8.33. The van der Waals surface area contributed by atoms with Gasteiger partial charge in [-0.1, -0.05) is 18.2 Å². The summed E-state index contributed by atoms with van der Waals surface area (Å²) in [7, 11) is 0. The van der Waals surface area contributed by atoms with Crippen molar-refractivity contribution in [1.82, 2.24) is 15.6 Å². The van der Waals surface area contributed by atoms with Gasteiger partial charge in [0.05, 0.1) is 6.21 Å². The van der Waals surface area contributed by atoms with E-state index in [2.05, 4.69) is 22.4 Å². The Morgan fingerprint density at radius 3 is 2.73 bits per heavy atom. The highest BCUT2D eigenvalue weighted by atomic mass is 16.5. The van der Waals surface area contributed by atoms with Crippen LogP contribution >= 0.6 is 0 Å². The molecule has 0 aromatic heterocycles. The molecule has 1 aromatic carbocycles. The van der Waals surface area contributed by atoms with Crippen molar-refractivity contribution in [2.24, 2.45) is 5.10 Å². The van der Waals surface area contributed by atoms with E-state index in [0.29, 0.717) is 11.3 Å². The number of ether oxygens (including phenoxy) is 1. The zero-order chi connectivity index (χ0) is 18.8. The summed E-state index contributed by atoms with van der Waals surface area (Å²) in [6.07, 6.45) is 4.92. The molecule has 3 amide bonds. The first-order chi connectivity index (χ1) is 12.6. The van der Waals surface area contributed by atoms with Crippen molar-refractivity contribution in [3.05, 3.63) is 42.5 Å². The minimum absolute atomic E-state index is 0.0131. The van der Waals surface area contributed by atoms with E-state index in [0.717, 1.165) is 25.9 Å². The zero-order valence-electron chi connectivity index (χ0n) is 14.4. The fourth-order valence-corrected chi connectivity index (χ4v) is 2.35. The molecule has 0 spiro atoms. The number of hydrogen-bond acceptors (Lipinski definition) is 5. The molecule has 0 bridgehead atoms. The molecule has 1 aliphatic rings. The molecule has 0 atom stereocenters. The molecule has 1 aromatic rings. The monoisotopic (exact) mass is 358 g/mol. The Morgan fingerprint density at radius 1 is 1.23 bits per heavy atom. The summed E-state index contributed by atoms with van der Waals surface area (Å²) in [4.78, 5) is 36.6. The van der Waals surface area contributed by atoms with Crippen LogP contribution in [-0.2, 0) is 14.4 Å². The summed E-state index contributed by atoms with van der Waals surface area (Å²) in [5.41, 5.74) is 2.78. The number of benzene rings is 1. The van der Waals surface area contributed by atoms with Crippen molar-refractivity contribution in [3.8, 4) is 5.75 Å². The van der Waals surface area contributed by atoms with Gasteiger partial charge in [-0.3, -0.25) is 14.4 Å². The molecule has 8 heteroatoms. The van der Waals surface area contributed by atoms with Crippen molar-refractivity contribution < 1.29 is 19.1 Å². The summed E-state index contributed by atoms with van der Waals surface area (Å²) < 4.78 is 5.52. The lowest BCUT2D eigenvalue weighted by Crippen LogP contribution is -2.37. The second-order valence-corrected chi connectivity index (χ2v) is 5.65. The van der Waals surface area contributed by atoms with E-state index in [1.165, 1.54) is 12.3 Å². The molecule has 1 heterocycles. The van der Waals surface area contributed by atoms with Gasteiger partial charge in [-0.2, -0.15) is 5.10 Å². The molecular formula is C18H22N4O4. The number of nitrogens with zero attached hydrogens (tertiary/aromatic N) is 2. The lowest BCUT2D eigenvalue weighted by Gasteiger charge is -2.15. The van der Waals surface area contributed by atoms with Gasteiger partial charge in [0.1, 0.15) is 5.75 Å². The maximum absolute atomic E-state index is 12.0. The van der Waals surface area contributed by atoms with Crippen molar-refractivity contribution in [2.75, 3.05) is 26.2 Å². The van der Waals surface area contributed by atoms with Gasteiger partial charge < -0.3 is 15.0 Å². The third-order valence-electron chi connectivity index (χ3n) is 3.67. The van der Waals surface area contributed by atoms with Gasteiger partial charge in [-0.05, 0) is 30.5 Å². The van der Waals surface area contributed by atoms with Crippen LogP contribution in [0.5, 0.6) is 5.75 Å². The quantitative estimate of drug-likeness (QED) is 0.320. The first-order valence-corrected chi connectivity index (χ1v) is 8.33. The van der Waals surface area contributed by atoms with Crippen LogP contribution in [0, 0.1) is 0 Å². The van der Waals surface area contributed by atoms with Crippen molar-refractivity contribution >= 4 is 23.9 Å². The van der Waals surface area contributed by atoms with Crippen molar-refractivity contribution in [3.63, 3.8) is 0 Å². The number of hydrogen-bond donors (Lipinski definition) is 2. The van der Waals surface area contributed by atoms with Crippen LogP contribution in [0.4, 0.5) is 0 Å². The van der Waals surface area contributed by atoms with Gasteiger partial charge in [-0.25, -0.2) is 5.43 Å². The molecule has 138 valence electrons. The first kappa shape index (κ1) is 19.2. The Bertz CT molecular complexity index is 696. The average Bonchev–Trinajstić information content (AvgIpc) is 3.19. The minimum atomic E-state index is -0.869. The molecule has 2 N–H and O–H groups in total. The molecule has 8 nitrogen and oxygen atoms in total. The van der Waals surface area contributed by atoms with Crippen LogP contribution in [-0.4, -0.2) is 55.1 Å². The Labute approximate surface area is 151 Å². The van der Waals surface area contributed by atoms with E-state index in [9.17, 15) is 14.4 Å². The normalized spacial score (nSPS) is 13.5. The van der Waals surface area contributed by atoms with Crippen LogP contribution in [0.1, 0.15) is 18.4 Å². The Hall–Kier alpha value is -3.16. The number of carbonyl (C=O) groups is 3. The molecule has 0 unspecified atom stereocenters. The van der Waals surface area contributed by atoms with E-state index in [-0.39, 0.29) is 19.1 Å².